The molecule has 1 aliphatic heterocycles. The van der Waals surface area contributed by atoms with E-state index in [0.29, 0.717) is 5.69 Å². The molecule has 1 heterocycles. The van der Waals surface area contributed by atoms with Gasteiger partial charge in [0.25, 0.3) is 5.91 Å². The van der Waals surface area contributed by atoms with E-state index in [-0.39, 0.29) is 11.5 Å². The third kappa shape index (κ3) is 4.06. The molecule has 1 atom stereocenters. The molecule has 6 nitrogen and oxygen atoms in total. The second kappa shape index (κ2) is 7.95. The van der Waals surface area contributed by atoms with Gasteiger partial charge in [0.2, 0.25) is 9.63 Å². The number of amides is 3. The first kappa shape index (κ1) is 20.4. The van der Waals surface area contributed by atoms with Crippen LogP contribution >= 0.6 is 34.8 Å². The van der Waals surface area contributed by atoms with Crippen molar-refractivity contribution in [2.24, 2.45) is 4.99 Å². The number of hydrogen-bond donors (Lipinski definition) is 1. The molecule has 1 fully saturated rings. The summed E-state index contributed by atoms with van der Waals surface area (Å²) < 4.78 is 12.3. The largest absolute Gasteiger partial charge is 0.360 e. The SMILES string of the molecule is CN1C(=O)/C(=N\C(Nc2ccccc2)C(Cl)(Cl)Cl)N(c2ccccc2F)C1=O. The Labute approximate surface area is 175 Å². The molecular formula is C18H14Cl3FN4O2. The van der Waals surface area contributed by atoms with Crippen molar-refractivity contribution in [3.8, 4) is 0 Å². The lowest BCUT2D eigenvalue weighted by Gasteiger charge is -2.24. The molecule has 1 unspecified atom stereocenters. The summed E-state index contributed by atoms with van der Waals surface area (Å²) in [4.78, 5) is 31.0. The normalized spacial score (nSPS) is 17.4. The molecule has 2 aromatic rings. The summed E-state index contributed by atoms with van der Waals surface area (Å²) >= 11 is 18.1. The van der Waals surface area contributed by atoms with Crippen LogP contribution in [0.15, 0.2) is 59.6 Å². The van der Waals surface area contributed by atoms with Crippen molar-refractivity contribution in [3.05, 3.63) is 60.4 Å². The van der Waals surface area contributed by atoms with Crippen LogP contribution < -0.4 is 10.2 Å². The van der Waals surface area contributed by atoms with Crippen molar-refractivity contribution < 1.29 is 14.0 Å². The van der Waals surface area contributed by atoms with Crippen molar-refractivity contribution >= 4 is 64.0 Å². The number of imide groups is 1. The standard InChI is InChI=1S/C18H14Cl3FN4O2/c1-25-15(27)14(26(17(25)28)13-10-6-5-9-12(13)22)24-16(18(19,20)21)23-11-7-3-2-4-8-11/h2-10,16,23H,1H3/b24-14+. The highest BCUT2D eigenvalue weighted by molar-refractivity contribution is 6.68. The summed E-state index contributed by atoms with van der Waals surface area (Å²) in [5.41, 5.74) is 0.442. The fraction of sp³-hybridized carbons (Fsp3) is 0.167. The number of para-hydroxylation sites is 2. The number of likely N-dealkylation sites (N-methyl/N-ethyl adjacent to an activating group) is 1. The van der Waals surface area contributed by atoms with Gasteiger partial charge < -0.3 is 5.32 Å². The first-order valence-electron chi connectivity index (χ1n) is 8.03. The second-order valence-electron chi connectivity index (χ2n) is 5.84. The topological polar surface area (TPSA) is 65.0 Å². The minimum atomic E-state index is -1.96. The zero-order chi connectivity index (χ0) is 20.5. The molecule has 0 aliphatic carbocycles. The average molecular weight is 444 g/mol. The molecular weight excluding hydrogens is 430 g/mol. The van der Waals surface area contributed by atoms with Gasteiger partial charge in [0.1, 0.15) is 5.82 Å². The van der Waals surface area contributed by atoms with E-state index < -0.39 is 27.7 Å². The van der Waals surface area contributed by atoms with Crippen LogP contribution in [0.1, 0.15) is 0 Å². The lowest BCUT2D eigenvalue weighted by Crippen LogP contribution is -2.38. The van der Waals surface area contributed by atoms with Crippen LogP contribution in [0.3, 0.4) is 0 Å². The molecule has 0 bridgehead atoms. The van der Waals surface area contributed by atoms with Crippen molar-refractivity contribution in [1.82, 2.24) is 4.90 Å². The number of carbonyl (C=O) groups is 2. The van der Waals surface area contributed by atoms with E-state index in [2.05, 4.69) is 10.3 Å². The zero-order valence-corrected chi connectivity index (χ0v) is 16.7. The minimum Gasteiger partial charge on any atom is -0.360 e. The summed E-state index contributed by atoms with van der Waals surface area (Å²) in [6.07, 6.45) is -1.23. The molecule has 0 aromatic heterocycles. The predicted molar refractivity (Wildman–Crippen MR) is 109 cm³/mol. The quantitative estimate of drug-likeness (QED) is 0.561. The van der Waals surface area contributed by atoms with Crippen LogP contribution in [0.4, 0.5) is 20.6 Å². The smallest absolute Gasteiger partial charge is 0.337 e. The summed E-state index contributed by atoms with van der Waals surface area (Å²) in [7, 11) is 1.26. The highest BCUT2D eigenvalue weighted by atomic mass is 35.6. The van der Waals surface area contributed by atoms with Gasteiger partial charge in [0.05, 0.1) is 5.69 Å². The van der Waals surface area contributed by atoms with Gasteiger partial charge in [-0.25, -0.2) is 19.1 Å². The molecule has 2 aromatic carbocycles. The van der Waals surface area contributed by atoms with Crippen molar-refractivity contribution in [2.75, 3.05) is 17.3 Å². The molecule has 3 amide bonds. The first-order valence-corrected chi connectivity index (χ1v) is 9.16. The number of hydrogen-bond acceptors (Lipinski definition) is 4. The van der Waals surface area contributed by atoms with Gasteiger partial charge in [-0.05, 0) is 24.3 Å². The maximum Gasteiger partial charge on any atom is 0.337 e. The molecule has 146 valence electrons. The van der Waals surface area contributed by atoms with Crippen LogP contribution in [0.5, 0.6) is 0 Å². The Balaban J connectivity index is 2.07. The number of amidine groups is 1. The fourth-order valence-electron chi connectivity index (χ4n) is 2.54. The number of nitrogens with zero attached hydrogens (tertiary/aromatic N) is 3. The highest BCUT2D eigenvalue weighted by Gasteiger charge is 2.44. The van der Waals surface area contributed by atoms with Gasteiger partial charge in [-0.3, -0.25) is 9.69 Å². The van der Waals surface area contributed by atoms with Gasteiger partial charge in [0, 0.05) is 12.7 Å². The van der Waals surface area contributed by atoms with Crippen molar-refractivity contribution in [3.63, 3.8) is 0 Å². The lowest BCUT2D eigenvalue weighted by molar-refractivity contribution is -0.119. The Morgan fingerprint density at radius 2 is 1.64 bits per heavy atom. The van der Waals surface area contributed by atoms with Gasteiger partial charge in [-0.15, -0.1) is 0 Å². The van der Waals surface area contributed by atoms with Crippen molar-refractivity contribution in [2.45, 2.75) is 9.96 Å². The van der Waals surface area contributed by atoms with E-state index >= 15 is 0 Å². The van der Waals surface area contributed by atoms with Crippen LogP contribution in [0.2, 0.25) is 0 Å². The van der Waals surface area contributed by atoms with Crippen LogP contribution in [-0.2, 0) is 4.79 Å². The summed E-state index contributed by atoms with van der Waals surface area (Å²) in [6.45, 7) is 0. The minimum absolute atomic E-state index is 0.133. The van der Waals surface area contributed by atoms with Gasteiger partial charge >= 0.3 is 6.03 Å². The van der Waals surface area contributed by atoms with E-state index in [0.717, 1.165) is 15.9 Å². The van der Waals surface area contributed by atoms with E-state index in [1.807, 2.05) is 0 Å². The maximum atomic E-state index is 14.3. The van der Waals surface area contributed by atoms with E-state index in [1.54, 1.807) is 30.3 Å². The number of anilines is 2. The van der Waals surface area contributed by atoms with Gasteiger partial charge in [0.15, 0.2) is 6.17 Å². The van der Waals surface area contributed by atoms with E-state index in [9.17, 15) is 14.0 Å². The number of alkyl halides is 3. The second-order valence-corrected chi connectivity index (χ2v) is 8.21. The average Bonchev–Trinajstić information content (AvgIpc) is 2.86. The zero-order valence-electron chi connectivity index (χ0n) is 14.4. The lowest BCUT2D eigenvalue weighted by atomic mass is 10.3. The molecule has 1 N–H and O–H groups in total. The molecule has 0 saturated carbocycles. The molecule has 0 radical (unpaired) electrons. The number of benzene rings is 2. The molecule has 0 spiro atoms. The number of rotatable bonds is 4. The van der Waals surface area contributed by atoms with Crippen LogP contribution in [-0.4, -0.2) is 39.7 Å². The van der Waals surface area contributed by atoms with Gasteiger partial charge in [-0.1, -0.05) is 65.1 Å². The molecule has 1 aliphatic rings. The maximum absolute atomic E-state index is 14.3. The van der Waals surface area contributed by atoms with Crippen LogP contribution in [0, 0.1) is 5.82 Å². The number of nitrogens with one attached hydrogen (secondary N) is 1. The molecule has 1 saturated heterocycles. The van der Waals surface area contributed by atoms with E-state index in [1.165, 1.54) is 25.2 Å². The van der Waals surface area contributed by atoms with Gasteiger partial charge in [-0.2, -0.15) is 0 Å². The summed E-state index contributed by atoms with van der Waals surface area (Å²) in [5.74, 6) is -1.81. The highest BCUT2D eigenvalue weighted by Crippen LogP contribution is 2.34. The Bertz CT molecular complexity index is 934. The Hall–Kier alpha value is -2.35. The molecule has 3 rings (SSSR count). The third-order valence-corrected chi connectivity index (χ3v) is 4.54. The van der Waals surface area contributed by atoms with Crippen molar-refractivity contribution in [1.29, 1.82) is 0 Å². The van der Waals surface area contributed by atoms with Crippen LogP contribution in [0.25, 0.3) is 0 Å². The first-order chi connectivity index (χ1) is 13.2. The fourth-order valence-corrected chi connectivity index (χ4v) is 2.85. The Morgan fingerprint density at radius 3 is 2.25 bits per heavy atom. The third-order valence-electron chi connectivity index (χ3n) is 3.92. The Morgan fingerprint density at radius 1 is 1.04 bits per heavy atom. The Kier molecular flexibility index (Phi) is 5.79. The monoisotopic (exact) mass is 442 g/mol. The summed E-state index contributed by atoms with van der Waals surface area (Å²) in [5, 5.41) is 2.90. The molecule has 10 heteroatoms. The molecule has 28 heavy (non-hydrogen) atoms. The number of carbonyl (C=O) groups excluding carboxylic acids is 2. The van der Waals surface area contributed by atoms with E-state index in [4.69, 9.17) is 34.8 Å². The number of aliphatic imine (C=N–C) groups is 1. The predicted octanol–water partition coefficient (Wildman–Crippen LogP) is 4.43. The summed E-state index contributed by atoms with van der Waals surface area (Å²) in [6, 6.07) is 13.5. The number of urea groups is 1. The number of halogens is 4.